The van der Waals surface area contributed by atoms with Gasteiger partial charge in [0.15, 0.2) is 0 Å². The standard InChI is InChI=1S/C16H11NO3S/c1-4-7-11-10-14-15(21(19,20)17-16(14)18)13(9-6-3)12(11)8-5-2/h1-3,10H,7-9H2,(H,17,18). The summed E-state index contributed by atoms with van der Waals surface area (Å²) in [6.45, 7) is 0. The van der Waals surface area contributed by atoms with Gasteiger partial charge in [0, 0.05) is 19.3 Å². The van der Waals surface area contributed by atoms with Gasteiger partial charge in [0.25, 0.3) is 15.9 Å². The third-order valence-electron chi connectivity index (χ3n) is 3.18. The Labute approximate surface area is 124 Å². The van der Waals surface area contributed by atoms with Crippen molar-refractivity contribution >= 4 is 15.9 Å². The molecule has 1 aliphatic rings. The van der Waals surface area contributed by atoms with Gasteiger partial charge in [0.2, 0.25) is 0 Å². The van der Waals surface area contributed by atoms with Gasteiger partial charge in [-0.15, -0.1) is 37.0 Å². The zero-order valence-electron chi connectivity index (χ0n) is 11.1. The molecule has 4 nitrogen and oxygen atoms in total. The highest BCUT2D eigenvalue weighted by molar-refractivity contribution is 7.90. The van der Waals surface area contributed by atoms with Crippen LogP contribution in [0.5, 0.6) is 0 Å². The third kappa shape index (κ3) is 2.38. The fraction of sp³-hybridized carbons (Fsp3) is 0.188. The van der Waals surface area contributed by atoms with Gasteiger partial charge in [-0.05, 0) is 22.8 Å². The van der Waals surface area contributed by atoms with Crippen LogP contribution in [-0.4, -0.2) is 14.3 Å². The van der Waals surface area contributed by atoms with Crippen LogP contribution in [0.1, 0.15) is 27.0 Å². The third-order valence-corrected chi connectivity index (χ3v) is 4.64. The number of hydrogen-bond acceptors (Lipinski definition) is 3. The summed E-state index contributed by atoms with van der Waals surface area (Å²) in [5.74, 6) is 6.69. The lowest BCUT2D eigenvalue weighted by Crippen LogP contribution is -2.21. The lowest BCUT2D eigenvalue weighted by atomic mass is 9.92. The van der Waals surface area contributed by atoms with Crippen LogP contribution in [0, 0.1) is 37.0 Å². The SMILES string of the molecule is C#CCc1cc2c(c(CC#C)c1CC#C)S(=O)(=O)NC2=O. The largest absolute Gasteiger partial charge is 0.268 e. The van der Waals surface area contributed by atoms with E-state index in [1.807, 2.05) is 4.72 Å². The smallest absolute Gasteiger partial charge is 0.266 e. The van der Waals surface area contributed by atoms with Crippen molar-refractivity contribution in [2.45, 2.75) is 24.2 Å². The van der Waals surface area contributed by atoms with E-state index in [1.54, 1.807) is 0 Å². The van der Waals surface area contributed by atoms with Gasteiger partial charge >= 0.3 is 0 Å². The number of nitrogens with one attached hydrogen (secondary N) is 1. The molecule has 0 spiro atoms. The van der Waals surface area contributed by atoms with Crippen LogP contribution in [-0.2, 0) is 29.3 Å². The summed E-state index contributed by atoms with van der Waals surface area (Å²) in [7, 11) is -3.90. The Morgan fingerprint density at radius 3 is 2.14 bits per heavy atom. The van der Waals surface area contributed by atoms with Crippen molar-refractivity contribution in [3.05, 3.63) is 28.3 Å². The molecule has 1 aromatic rings. The van der Waals surface area contributed by atoms with Crippen molar-refractivity contribution in [3.63, 3.8) is 0 Å². The molecule has 0 radical (unpaired) electrons. The lowest BCUT2D eigenvalue weighted by Gasteiger charge is -2.13. The maximum Gasteiger partial charge on any atom is 0.266 e. The number of terminal acetylenes is 3. The van der Waals surface area contributed by atoms with Crippen LogP contribution < -0.4 is 4.72 Å². The molecule has 1 amide bonds. The number of hydrogen-bond donors (Lipinski definition) is 1. The van der Waals surface area contributed by atoms with Crippen LogP contribution in [0.15, 0.2) is 11.0 Å². The molecular weight excluding hydrogens is 286 g/mol. The van der Waals surface area contributed by atoms with Crippen LogP contribution in [0.4, 0.5) is 0 Å². The number of amides is 1. The van der Waals surface area contributed by atoms with Gasteiger partial charge < -0.3 is 0 Å². The molecule has 104 valence electrons. The van der Waals surface area contributed by atoms with E-state index in [-0.39, 0.29) is 29.7 Å². The Balaban J connectivity index is 2.90. The minimum Gasteiger partial charge on any atom is -0.268 e. The Morgan fingerprint density at radius 2 is 1.57 bits per heavy atom. The van der Waals surface area contributed by atoms with E-state index < -0.39 is 15.9 Å². The van der Waals surface area contributed by atoms with E-state index in [0.29, 0.717) is 16.7 Å². The first-order valence-electron chi connectivity index (χ1n) is 6.01. The van der Waals surface area contributed by atoms with Crippen molar-refractivity contribution in [2.24, 2.45) is 0 Å². The van der Waals surface area contributed by atoms with Crippen molar-refractivity contribution in [1.29, 1.82) is 0 Å². The average Bonchev–Trinajstić information content (AvgIpc) is 2.63. The van der Waals surface area contributed by atoms with E-state index in [4.69, 9.17) is 19.3 Å². The first-order valence-corrected chi connectivity index (χ1v) is 7.49. The molecule has 2 rings (SSSR count). The maximum absolute atomic E-state index is 12.1. The van der Waals surface area contributed by atoms with Crippen LogP contribution in [0.2, 0.25) is 0 Å². The fourth-order valence-electron chi connectivity index (χ4n) is 2.40. The summed E-state index contributed by atoms with van der Waals surface area (Å²) >= 11 is 0. The first kappa shape index (κ1) is 14.7. The molecule has 1 heterocycles. The summed E-state index contributed by atoms with van der Waals surface area (Å²) in [5, 5.41) is 0. The molecule has 0 bridgehead atoms. The molecule has 0 atom stereocenters. The summed E-state index contributed by atoms with van der Waals surface area (Å²) in [6, 6.07) is 1.49. The predicted molar refractivity (Wildman–Crippen MR) is 78.7 cm³/mol. The highest BCUT2D eigenvalue weighted by atomic mass is 32.2. The van der Waals surface area contributed by atoms with Crippen molar-refractivity contribution in [3.8, 4) is 37.0 Å². The number of carbonyl (C=O) groups is 1. The Morgan fingerprint density at radius 1 is 1.00 bits per heavy atom. The van der Waals surface area contributed by atoms with Crippen LogP contribution in [0.25, 0.3) is 0 Å². The molecule has 0 saturated heterocycles. The van der Waals surface area contributed by atoms with E-state index in [2.05, 4.69) is 17.8 Å². The van der Waals surface area contributed by atoms with Gasteiger partial charge in [-0.2, -0.15) is 0 Å². The highest BCUT2D eigenvalue weighted by Gasteiger charge is 2.36. The van der Waals surface area contributed by atoms with E-state index in [9.17, 15) is 13.2 Å². The molecule has 0 aliphatic carbocycles. The molecule has 0 unspecified atom stereocenters. The number of sulfonamides is 1. The van der Waals surface area contributed by atoms with Gasteiger partial charge in [-0.25, -0.2) is 13.1 Å². The summed E-state index contributed by atoms with van der Waals surface area (Å²) in [5.41, 5.74) is 1.74. The monoisotopic (exact) mass is 297 g/mol. The molecule has 5 heteroatoms. The summed E-state index contributed by atoms with van der Waals surface area (Å²) in [6.07, 6.45) is 16.5. The van der Waals surface area contributed by atoms with Gasteiger partial charge in [0.1, 0.15) is 4.90 Å². The Bertz CT molecular complexity index is 859. The molecule has 0 fully saturated rings. The van der Waals surface area contributed by atoms with Crippen molar-refractivity contribution < 1.29 is 13.2 Å². The molecule has 21 heavy (non-hydrogen) atoms. The van der Waals surface area contributed by atoms with Crippen molar-refractivity contribution in [1.82, 2.24) is 4.72 Å². The molecule has 1 N–H and O–H groups in total. The first-order chi connectivity index (χ1) is 9.96. The van der Waals surface area contributed by atoms with Crippen molar-refractivity contribution in [2.75, 3.05) is 0 Å². The lowest BCUT2D eigenvalue weighted by molar-refractivity contribution is 0.0985. The quantitative estimate of drug-likeness (QED) is 0.833. The highest BCUT2D eigenvalue weighted by Crippen LogP contribution is 2.32. The fourth-order valence-corrected chi connectivity index (χ4v) is 3.82. The van der Waals surface area contributed by atoms with Gasteiger partial charge in [0.05, 0.1) is 5.56 Å². The predicted octanol–water partition coefficient (Wildman–Crippen LogP) is 0.646. The van der Waals surface area contributed by atoms with Gasteiger partial charge in [-0.1, -0.05) is 0 Å². The molecule has 1 aromatic carbocycles. The minimum atomic E-state index is -3.90. The molecule has 0 saturated carbocycles. The zero-order valence-corrected chi connectivity index (χ0v) is 11.9. The van der Waals surface area contributed by atoms with Crippen LogP contribution >= 0.6 is 0 Å². The normalized spacial score (nSPS) is 14.4. The minimum absolute atomic E-state index is 0.0615. The molecular formula is C16H11NO3S. The number of fused-ring (bicyclic) bond motifs is 1. The average molecular weight is 297 g/mol. The summed E-state index contributed by atoms with van der Waals surface area (Å²) < 4.78 is 26.1. The number of rotatable bonds is 3. The van der Waals surface area contributed by atoms with Gasteiger partial charge in [-0.3, -0.25) is 4.79 Å². The van der Waals surface area contributed by atoms with E-state index in [0.717, 1.165) is 0 Å². The van der Waals surface area contributed by atoms with E-state index >= 15 is 0 Å². The topological polar surface area (TPSA) is 63.2 Å². The maximum atomic E-state index is 12.1. The summed E-state index contributed by atoms with van der Waals surface area (Å²) in [4.78, 5) is 11.8. The Kier molecular flexibility index (Phi) is 3.76. The second-order valence-corrected chi connectivity index (χ2v) is 6.07. The number of carbonyl (C=O) groups excluding carboxylic acids is 1. The zero-order chi connectivity index (χ0) is 15.6. The Hall–Kier alpha value is -2.68. The molecule has 0 aromatic heterocycles. The molecule has 1 aliphatic heterocycles. The second kappa shape index (κ2) is 5.37. The second-order valence-electron chi connectivity index (χ2n) is 4.45. The number of benzene rings is 1. The van der Waals surface area contributed by atoms with Crippen LogP contribution in [0.3, 0.4) is 0 Å². The van der Waals surface area contributed by atoms with E-state index in [1.165, 1.54) is 6.07 Å².